The molecule has 2 aromatic heterocycles. The van der Waals surface area contributed by atoms with Crippen molar-refractivity contribution in [1.29, 1.82) is 0 Å². The second-order valence-electron chi connectivity index (χ2n) is 5.54. The predicted octanol–water partition coefficient (Wildman–Crippen LogP) is 2.51. The molecule has 6 nitrogen and oxygen atoms in total. The third-order valence-electron chi connectivity index (χ3n) is 4.07. The minimum Gasteiger partial charge on any atom is -0.372 e. The molecule has 0 spiro atoms. The van der Waals surface area contributed by atoms with E-state index in [9.17, 15) is 4.79 Å². The molecule has 2 heterocycles. The molecule has 6 heteroatoms. The summed E-state index contributed by atoms with van der Waals surface area (Å²) in [6, 6.07) is 11.8. The third kappa shape index (κ3) is 3.37. The first-order chi connectivity index (χ1) is 11.7. The lowest BCUT2D eigenvalue weighted by atomic mass is 10.2. The van der Waals surface area contributed by atoms with Crippen LogP contribution in [-0.2, 0) is 6.54 Å². The molecule has 0 saturated carbocycles. The van der Waals surface area contributed by atoms with Gasteiger partial charge in [-0.25, -0.2) is 0 Å². The number of carbonyl (C=O) groups excluding carboxylic acids is 1. The zero-order chi connectivity index (χ0) is 16.9. The number of rotatable bonds is 6. The van der Waals surface area contributed by atoms with E-state index in [2.05, 4.69) is 58.5 Å². The normalized spacial score (nSPS) is 10.8. The number of nitrogens with one attached hydrogen (secondary N) is 1. The number of fused-ring (bicyclic) bond motifs is 1. The Labute approximate surface area is 141 Å². The van der Waals surface area contributed by atoms with Gasteiger partial charge in [-0.1, -0.05) is 12.1 Å². The summed E-state index contributed by atoms with van der Waals surface area (Å²) in [5.74, 6) is -0.113. The Morgan fingerprint density at radius 2 is 1.88 bits per heavy atom. The van der Waals surface area contributed by atoms with Gasteiger partial charge in [0.25, 0.3) is 5.91 Å². The van der Waals surface area contributed by atoms with Crippen molar-refractivity contribution in [2.45, 2.75) is 20.4 Å². The lowest BCUT2D eigenvalue weighted by molar-refractivity contribution is 0.0950. The predicted molar refractivity (Wildman–Crippen MR) is 94.2 cm³/mol. The molecule has 0 unspecified atom stereocenters. The average Bonchev–Trinajstić information content (AvgIpc) is 3.09. The number of anilines is 1. The topological polar surface area (TPSA) is 62.5 Å². The zero-order valence-electron chi connectivity index (χ0n) is 13.9. The van der Waals surface area contributed by atoms with Gasteiger partial charge in [0.2, 0.25) is 0 Å². The van der Waals surface area contributed by atoms with Gasteiger partial charge in [-0.05, 0) is 43.7 Å². The maximum absolute atomic E-state index is 12.3. The fraction of sp³-hybridized carbons (Fsp3) is 0.278. The molecule has 0 aliphatic heterocycles. The van der Waals surface area contributed by atoms with Crippen LogP contribution in [0.4, 0.5) is 5.69 Å². The highest BCUT2D eigenvalue weighted by atomic mass is 16.1. The Kier molecular flexibility index (Phi) is 4.74. The number of benzene rings is 1. The van der Waals surface area contributed by atoms with Crippen LogP contribution in [0.5, 0.6) is 0 Å². The smallest absolute Gasteiger partial charge is 0.253 e. The molecule has 0 aliphatic rings. The minimum atomic E-state index is -0.113. The Morgan fingerprint density at radius 1 is 1.12 bits per heavy atom. The molecule has 0 saturated heterocycles. The highest BCUT2D eigenvalue weighted by Gasteiger charge is 2.07. The standard InChI is InChI=1S/C18H21N5O/c1-3-22(4-2)16-8-5-14(6-9-16)11-19-18(24)15-7-10-17-21-20-13-23(17)12-15/h5-10,12-13H,3-4,11H2,1-2H3,(H,19,24). The summed E-state index contributed by atoms with van der Waals surface area (Å²) in [5.41, 5.74) is 3.58. The molecule has 0 atom stereocenters. The van der Waals surface area contributed by atoms with Crippen molar-refractivity contribution in [3.05, 3.63) is 60.0 Å². The van der Waals surface area contributed by atoms with Gasteiger partial charge in [0.1, 0.15) is 6.33 Å². The molecule has 0 fully saturated rings. The monoisotopic (exact) mass is 323 g/mol. The molecular formula is C18H21N5O. The van der Waals surface area contributed by atoms with Crippen LogP contribution < -0.4 is 10.2 Å². The Balaban J connectivity index is 1.63. The summed E-state index contributed by atoms with van der Waals surface area (Å²) >= 11 is 0. The maximum atomic E-state index is 12.3. The van der Waals surface area contributed by atoms with Crippen molar-refractivity contribution in [3.8, 4) is 0 Å². The van der Waals surface area contributed by atoms with E-state index in [1.165, 1.54) is 5.69 Å². The average molecular weight is 323 g/mol. The van der Waals surface area contributed by atoms with E-state index < -0.39 is 0 Å². The molecule has 3 rings (SSSR count). The van der Waals surface area contributed by atoms with E-state index in [0.717, 1.165) is 24.3 Å². The summed E-state index contributed by atoms with van der Waals surface area (Å²) in [6.45, 7) is 6.75. The highest BCUT2D eigenvalue weighted by molar-refractivity contribution is 5.94. The molecule has 24 heavy (non-hydrogen) atoms. The van der Waals surface area contributed by atoms with Crippen molar-refractivity contribution in [2.24, 2.45) is 0 Å². The van der Waals surface area contributed by atoms with Gasteiger partial charge in [-0.3, -0.25) is 9.20 Å². The van der Waals surface area contributed by atoms with Crippen molar-refractivity contribution < 1.29 is 4.79 Å². The molecular weight excluding hydrogens is 302 g/mol. The van der Waals surface area contributed by atoms with Gasteiger partial charge < -0.3 is 10.2 Å². The number of hydrogen-bond donors (Lipinski definition) is 1. The van der Waals surface area contributed by atoms with E-state index in [0.29, 0.717) is 12.1 Å². The maximum Gasteiger partial charge on any atom is 0.253 e. The van der Waals surface area contributed by atoms with Crippen LogP contribution in [0.15, 0.2) is 48.9 Å². The Bertz CT molecular complexity index is 821. The van der Waals surface area contributed by atoms with Crippen LogP contribution in [0.25, 0.3) is 5.65 Å². The zero-order valence-corrected chi connectivity index (χ0v) is 13.9. The van der Waals surface area contributed by atoms with Crippen molar-refractivity contribution in [2.75, 3.05) is 18.0 Å². The van der Waals surface area contributed by atoms with E-state index in [1.807, 2.05) is 0 Å². The van der Waals surface area contributed by atoms with Crippen LogP contribution in [0, 0.1) is 0 Å². The van der Waals surface area contributed by atoms with Crippen LogP contribution in [-0.4, -0.2) is 33.6 Å². The summed E-state index contributed by atoms with van der Waals surface area (Å²) < 4.78 is 1.73. The van der Waals surface area contributed by atoms with E-state index >= 15 is 0 Å². The van der Waals surface area contributed by atoms with Gasteiger partial charge in [-0.15, -0.1) is 10.2 Å². The fourth-order valence-corrected chi connectivity index (χ4v) is 2.66. The number of hydrogen-bond acceptors (Lipinski definition) is 4. The van der Waals surface area contributed by atoms with Crippen molar-refractivity contribution >= 4 is 17.2 Å². The molecule has 1 amide bonds. The van der Waals surface area contributed by atoms with Gasteiger partial charge in [0.15, 0.2) is 5.65 Å². The summed E-state index contributed by atoms with van der Waals surface area (Å²) in [5, 5.41) is 10.7. The molecule has 0 radical (unpaired) electrons. The molecule has 3 aromatic rings. The first kappa shape index (κ1) is 16.0. The highest BCUT2D eigenvalue weighted by Crippen LogP contribution is 2.15. The number of nitrogens with zero attached hydrogens (tertiary/aromatic N) is 4. The Hall–Kier alpha value is -2.89. The molecule has 0 bridgehead atoms. The SMILES string of the molecule is CCN(CC)c1ccc(CNC(=O)c2ccc3nncn3c2)cc1. The number of aromatic nitrogens is 3. The number of amides is 1. The molecule has 1 aromatic carbocycles. The van der Waals surface area contributed by atoms with Gasteiger partial charge in [0.05, 0.1) is 5.56 Å². The van der Waals surface area contributed by atoms with Gasteiger partial charge >= 0.3 is 0 Å². The van der Waals surface area contributed by atoms with Crippen LogP contribution in [0.3, 0.4) is 0 Å². The summed E-state index contributed by atoms with van der Waals surface area (Å²) in [7, 11) is 0. The Morgan fingerprint density at radius 3 is 2.58 bits per heavy atom. The van der Waals surface area contributed by atoms with E-state index in [-0.39, 0.29) is 5.91 Å². The van der Waals surface area contributed by atoms with Gasteiger partial charge in [0, 0.05) is 31.5 Å². The van der Waals surface area contributed by atoms with Crippen molar-refractivity contribution in [3.63, 3.8) is 0 Å². The van der Waals surface area contributed by atoms with Crippen LogP contribution in [0.1, 0.15) is 29.8 Å². The second-order valence-corrected chi connectivity index (χ2v) is 5.54. The number of pyridine rings is 1. The third-order valence-corrected chi connectivity index (χ3v) is 4.07. The van der Waals surface area contributed by atoms with Gasteiger partial charge in [-0.2, -0.15) is 0 Å². The molecule has 124 valence electrons. The second kappa shape index (κ2) is 7.12. The van der Waals surface area contributed by atoms with E-state index in [1.54, 1.807) is 29.1 Å². The fourth-order valence-electron chi connectivity index (χ4n) is 2.66. The number of carbonyl (C=O) groups is 1. The summed E-state index contributed by atoms with van der Waals surface area (Å²) in [4.78, 5) is 14.6. The lowest BCUT2D eigenvalue weighted by Crippen LogP contribution is -2.23. The molecule has 0 aliphatic carbocycles. The minimum absolute atomic E-state index is 0.113. The van der Waals surface area contributed by atoms with Crippen molar-refractivity contribution in [1.82, 2.24) is 19.9 Å². The first-order valence-corrected chi connectivity index (χ1v) is 8.12. The van der Waals surface area contributed by atoms with Crippen LogP contribution in [0.2, 0.25) is 0 Å². The summed E-state index contributed by atoms with van der Waals surface area (Å²) in [6.07, 6.45) is 3.31. The molecule has 1 N–H and O–H groups in total. The first-order valence-electron chi connectivity index (χ1n) is 8.12. The van der Waals surface area contributed by atoms with Crippen LogP contribution >= 0.6 is 0 Å². The quantitative estimate of drug-likeness (QED) is 0.757. The van der Waals surface area contributed by atoms with E-state index in [4.69, 9.17) is 0 Å². The largest absolute Gasteiger partial charge is 0.372 e. The lowest BCUT2D eigenvalue weighted by Gasteiger charge is -2.21.